The van der Waals surface area contributed by atoms with Crippen LogP contribution in [-0.2, 0) is 4.74 Å². The number of halogens is 1. The smallest absolute Gasteiger partial charge is 0.157 e. The fraction of sp³-hybridized carbons (Fsp3) is 0.714. The summed E-state index contributed by atoms with van der Waals surface area (Å²) < 4.78 is 6.06. The van der Waals surface area contributed by atoms with E-state index in [-0.39, 0.29) is 5.60 Å². The van der Waals surface area contributed by atoms with Crippen LogP contribution in [0.15, 0.2) is 6.33 Å². The van der Waals surface area contributed by atoms with Crippen LogP contribution in [0.5, 0.6) is 0 Å². The van der Waals surface area contributed by atoms with E-state index < -0.39 is 0 Å². The molecule has 1 atom stereocenters. The Morgan fingerprint density at radius 3 is 2.90 bits per heavy atom. The summed E-state index contributed by atoms with van der Waals surface area (Å²) in [5, 5.41) is 7.03. The summed E-state index contributed by atoms with van der Waals surface area (Å²) in [5.41, 5.74) is 0.869. The Morgan fingerprint density at radius 1 is 1.35 bits per heavy atom. The molecule has 0 aromatic carbocycles. The van der Waals surface area contributed by atoms with Crippen LogP contribution in [0.1, 0.15) is 38.5 Å². The van der Waals surface area contributed by atoms with Gasteiger partial charge in [0.1, 0.15) is 12.0 Å². The van der Waals surface area contributed by atoms with Gasteiger partial charge in [-0.15, -0.1) is 0 Å². The Balaban J connectivity index is 1.73. The van der Waals surface area contributed by atoms with Crippen LogP contribution in [0, 0.1) is 0 Å². The Hall–Kier alpha value is -1.07. The van der Waals surface area contributed by atoms with E-state index in [0.29, 0.717) is 11.2 Å². The van der Waals surface area contributed by atoms with E-state index in [9.17, 15) is 0 Å². The van der Waals surface area contributed by atoms with Gasteiger partial charge in [-0.1, -0.05) is 24.4 Å². The minimum atomic E-state index is 0.104. The topological polar surface area (TPSA) is 59.1 Å². The molecule has 0 amide bonds. The van der Waals surface area contributed by atoms with Gasteiger partial charge in [-0.25, -0.2) is 9.97 Å². The van der Waals surface area contributed by atoms with Crippen LogP contribution >= 0.6 is 11.6 Å². The van der Waals surface area contributed by atoms with Crippen LogP contribution in [-0.4, -0.2) is 35.3 Å². The van der Waals surface area contributed by atoms with Gasteiger partial charge in [0, 0.05) is 19.7 Å². The van der Waals surface area contributed by atoms with E-state index in [1.54, 1.807) is 0 Å². The maximum absolute atomic E-state index is 6.09. The molecule has 110 valence electrons. The average molecular weight is 297 g/mol. The number of nitrogens with one attached hydrogen (secondary N) is 2. The van der Waals surface area contributed by atoms with Crippen LogP contribution in [0.4, 0.5) is 11.5 Å². The predicted molar refractivity (Wildman–Crippen MR) is 80.4 cm³/mol. The first kappa shape index (κ1) is 13.9. The van der Waals surface area contributed by atoms with Gasteiger partial charge in [0.2, 0.25) is 0 Å². The van der Waals surface area contributed by atoms with E-state index in [1.807, 2.05) is 7.05 Å². The Morgan fingerprint density at radius 2 is 2.15 bits per heavy atom. The first-order chi connectivity index (χ1) is 9.72. The Kier molecular flexibility index (Phi) is 3.98. The van der Waals surface area contributed by atoms with Crippen LogP contribution in [0.3, 0.4) is 0 Å². The molecular formula is C14H21ClN4O. The number of hydrogen-bond acceptors (Lipinski definition) is 5. The molecule has 1 aromatic rings. The van der Waals surface area contributed by atoms with Gasteiger partial charge in [0.15, 0.2) is 11.0 Å². The lowest BCUT2D eigenvalue weighted by atomic mass is 9.89. The molecule has 2 aliphatic rings. The average Bonchev–Trinajstić information content (AvgIpc) is 2.87. The molecule has 1 aliphatic heterocycles. The minimum Gasteiger partial charge on any atom is -0.383 e. The molecule has 5 nitrogen and oxygen atoms in total. The standard InChI is InChI=1S/C14H21ClN4O/c1-16-11-12(15)17-9-18-13(11)19-10-4-7-20-14(8-10)5-2-3-6-14/h9-10,16H,2-8H2,1H3,(H,17,18,19). The van der Waals surface area contributed by atoms with Gasteiger partial charge in [0.25, 0.3) is 0 Å². The molecule has 3 rings (SSSR count). The second-order valence-electron chi connectivity index (χ2n) is 5.71. The molecule has 0 radical (unpaired) electrons. The lowest BCUT2D eigenvalue weighted by Gasteiger charge is -2.38. The summed E-state index contributed by atoms with van der Waals surface area (Å²) in [6.07, 6.45) is 8.51. The molecule has 2 fully saturated rings. The maximum Gasteiger partial charge on any atom is 0.157 e. The zero-order chi connectivity index (χ0) is 14.0. The minimum absolute atomic E-state index is 0.104. The monoisotopic (exact) mass is 296 g/mol. The normalized spacial score (nSPS) is 24.8. The van der Waals surface area contributed by atoms with Crippen molar-refractivity contribution < 1.29 is 4.74 Å². The van der Waals surface area contributed by atoms with Crippen LogP contribution < -0.4 is 10.6 Å². The van der Waals surface area contributed by atoms with Crippen molar-refractivity contribution in [1.29, 1.82) is 0 Å². The van der Waals surface area contributed by atoms with E-state index >= 15 is 0 Å². The van der Waals surface area contributed by atoms with Crippen LogP contribution in [0.2, 0.25) is 5.15 Å². The number of ether oxygens (including phenoxy) is 1. The highest BCUT2D eigenvalue weighted by molar-refractivity contribution is 6.32. The lowest BCUT2D eigenvalue weighted by Crippen LogP contribution is -2.42. The molecule has 20 heavy (non-hydrogen) atoms. The number of rotatable bonds is 3. The summed E-state index contributed by atoms with van der Waals surface area (Å²) in [6.45, 7) is 0.825. The van der Waals surface area contributed by atoms with Crippen molar-refractivity contribution in [2.24, 2.45) is 0 Å². The highest BCUT2D eigenvalue weighted by Gasteiger charge is 2.40. The molecule has 1 spiro atoms. The molecule has 6 heteroatoms. The summed E-state index contributed by atoms with van der Waals surface area (Å²) in [4.78, 5) is 8.31. The van der Waals surface area contributed by atoms with E-state index in [4.69, 9.17) is 16.3 Å². The van der Waals surface area contributed by atoms with Crippen molar-refractivity contribution in [3.05, 3.63) is 11.5 Å². The van der Waals surface area contributed by atoms with Crippen molar-refractivity contribution in [3.8, 4) is 0 Å². The van der Waals surface area contributed by atoms with Gasteiger partial charge < -0.3 is 15.4 Å². The third-order valence-electron chi connectivity index (χ3n) is 4.40. The third-order valence-corrected chi connectivity index (χ3v) is 4.69. The van der Waals surface area contributed by atoms with E-state index in [2.05, 4.69) is 20.6 Å². The summed E-state index contributed by atoms with van der Waals surface area (Å²) in [6, 6.07) is 0.389. The maximum atomic E-state index is 6.09. The SMILES string of the molecule is CNc1c(Cl)ncnc1NC1CCOC2(CCCC2)C1. The van der Waals surface area contributed by atoms with Crippen molar-refractivity contribution in [3.63, 3.8) is 0 Å². The fourth-order valence-corrected chi connectivity index (χ4v) is 3.63. The second kappa shape index (κ2) is 5.74. The zero-order valence-corrected chi connectivity index (χ0v) is 12.5. The van der Waals surface area contributed by atoms with Gasteiger partial charge >= 0.3 is 0 Å². The van der Waals surface area contributed by atoms with Crippen molar-refractivity contribution >= 4 is 23.1 Å². The zero-order valence-electron chi connectivity index (χ0n) is 11.8. The van der Waals surface area contributed by atoms with E-state index in [1.165, 1.54) is 32.0 Å². The number of anilines is 2. The van der Waals surface area contributed by atoms with Crippen molar-refractivity contribution in [2.75, 3.05) is 24.3 Å². The van der Waals surface area contributed by atoms with Gasteiger partial charge in [-0.3, -0.25) is 0 Å². The lowest BCUT2D eigenvalue weighted by molar-refractivity contribution is -0.0767. The second-order valence-corrected chi connectivity index (χ2v) is 6.07. The van der Waals surface area contributed by atoms with Gasteiger partial charge in [-0.05, 0) is 25.7 Å². The molecule has 1 saturated heterocycles. The molecule has 1 unspecified atom stereocenters. The largest absolute Gasteiger partial charge is 0.383 e. The molecule has 1 aromatic heterocycles. The summed E-state index contributed by atoms with van der Waals surface area (Å²) in [5.74, 6) is 0.785. The first-order valence-electron chi connectivity index (χ1n) is 7.31. The molecule has 1 aliphatic carbocycles. The Labute approximate surface area is 124 Å². The summed E-state index contributed by atoms with van der Waals surface area (Å²) >= 11 is 6.09. The first-order valence-corrected chi connectivity index (χ1v) is 7.69. The highest BCUT2D eigenvalue weighted by atomic mass is 35.5. The molecule has 2 N–H and O–H groups in total. The predicted octanol–water partition coefficient (Wildman–Crippen LogP) is 3.08. The fourth-order valence-electron chi connectivity index (χ4n) is 3.41. The molecule has 1 saturated carbocycles. The quantitative estimate of drug-likeness (QED) is 0.840. The van der Waals surface area contributed by atoms with Gasteiger partial charge in [0.05, 0.1) is 5.60 Å². The number of hydrogen-bond donors (Lipinski definition) is 2. The van der Waals surface area contributed by atoms with Crippen LogP contribution in [0.25, 0.3) is 0 Å². The van der Waals surface area contributed by atoms with Crippen molar-refractivity contribution in [2.45, 2.75) is 50.2 Å². The molecule has 2 heterocycles. The van der Waals surface area contributed by atoms with E-state index in [0.717, 1.165) is 31.0 Å². The summed E-state index contributed by atoms with van der Waals surface area (Å²) in [7, 11) is 1.83. The number of nitrogens with zero attached hydrogens (tertiary/aromatic N) is 2. The highest BCUT2D eigenvalue weighted by Crippen LogP contribution is 2.41. The Bertz CT molecular complexity index is 476. The third kappa shape index (κ3) is 2.69. The number of aromatic nitrogens is 2. The van der Waals surface area contributed by atoms with Gasteiger partial charge in [-0.2, -0.15) is 0 Å². The molecular weight excluding hydrogens is 276 g/mol. The molecule has 0 bridgehead atoms. The van der Waals surface area contributed by atoms with Crippen molar-refractivity contribution in [1.82, 2.24) is 9.97 Å².